The average Bonchev–Trinajstić information content (AvgIpc) is 3.18. The standard InChI is InChI=1S/C17H17N5O3/c1-12(22-11-18-10-20-22)16(23)21-15-4-3-9-19-17(15)25-14-7-5-13(24-2)6-8-14/h3-12H,1-2H3,(H,21,23)/t12-/m1/s1. The second-order valence-corrected chi connectivity index (χ2v) is 5.17. The number of carbonyl (C=O) groups is 1. The number of hydrogen-bond acceptors (Lipinski definition) is 6. The highest BCUT2D eigenvalue weighted by Gasteiger charge is 2.18. The second-order valence-electron chi connectivity index (χ2n) is 5.17. The zero-order chi connectivity index (χ0) is 17.6. The summed E-state index contributed by atoms with van der Waals surface area (Å²) in [6.45, 7) is 1.73. The minimum absolute atomic E-state index is 0.252. The fourth-order valence-corrected chi connectivity index (χ4v) is 2.10. The summed E-state index contributed by atoms with van der Waals surface area (Å²) in [5.74, 6) is 1.35. The number of benzene rings is 1. The van der Waals surface area contributed by atoms with Gasteiger partial charge in [0, 0.05) is 6.20 Å². The lowest BCUT2D eigenvalue weighted by Crippen LogP contribution is -2.24. The van der Waals surface area contributed by atoms with Crippen molar-refractivity contribution in [3.63, 3.8) is 0 Å². The lowest BCUT2D eigenvalue weighted by molar-refractivity contribution is -0.119. The molecule has 1 aromatic carbocycles. The van der Waals surface area contributed by atoms with Crippen LogP contribution >= 0.6 is 0 Å². The van der Waals surface area contributed by atoms with Crippen LogP contribution in [-0.4, -0.2) is 32.8 Å². The Morgan fingerprint density at radius 3 is 2.64 bits per heavy atom. The molecule has 1 atom stereocenters. The Hall–Kier alpha value is -3.42. The van der Waals surface area contributed by atoms with Crippen molar-refractivity contribution in [1.29, 1.82) is 0 Å². The summed E-state index contributed by atoms with van der Waals surface area (Å²) in [6.07, 6.45) is 4.46. The minimum atomic E-state index is -0.517. The highest BCUT2D eigenvalue weighted by Crippen LogP contribution is 2.28. The fraction of sp³-hybridized carbons (Fsp3) is 0.176. The molecule has 0 aliphatic carbocycles. The van der Waals surface area contributed by atoms with E-state index in [1.165, 1.54) is 17.3 Å². The van der Waals surface area contributed by atoms with Crippen LogP contribution in [0, 0.1) is 0 Å². The quantitative estimate of drug-likeness (QED) is 0.742. The maximum Gasteiger partial charge on any atom is 0.249 e. The number of nitrogens with one attached hydrogen (secondary N) is 1. The summed E-state index contributed by atoms with van der Waals surface area (Å²) in [5.41, 5.74) is 0.468. The van der Waals surface area contributed by atoms with Crippen LogP contribution in [0.1, 0.15) is 13.0 Å². The van der Waals surface area contributed by atoms with E-state index in [4.69, 9.17) is 9.47 Å². The van der Waals surface area contributed by atoms with E-state index >= 15 is 0 Å². The number of amides is 1. The zero-order valence-electron chi connectivity index (χ0n) is 13.8. The van der Waals surface area contributed by atoms with Crippen molar-refractivity contribution >= 4 is 11.6 Å². The second kappa shape index (κ2) is 7.43. The van der Waals surface area contributed by atoms with Crippen LogP contribution in [0.5, 0.6) is 17.4 Å². The van der Waals surface area contributed by atoms with Crippen molar-refractivity contribution in [2.75, 3.05) is 12.4 Å². The van der Waals surface area contributed by atoms with E-state index in [1.54, 1.807) is 56.6 Å². The van der Waals surface area contributed by atoms with Gasteiger partial charge >= 0.3 is 0 Å². The predicted octanol–water partition coefficient (Wildman–Crippen LogP) is 2.67. The Bertz CT molecular complexity index is 834. The number of rotatable bonds is 6. The highest BCUT2D eigenvalue weighted by atomic mass is 16.5. The molecule has 0 spiro atoms. The molecule has 0 fully saturated rings. The number of aromatic nitrogens is 4. The van der Waals surface area contributed by atoms with Gasteiger partial charge in [0.15, 0.2) is 0 Å². The highest BCUT2D eigenvalue weighted by molar-refractivity contribution is 5.94. The van der Waals surface area contributed by atoms with E-state index < -0.39 is 6.04 Å². The van der Waals surface area contributed by atoms with Gasteiger partial charge in [0.1, 0.15) is 35.9 Å². The van der Waals surface area contributed by atoms with Crippen LogP contribution in [0.2, 0.25) is 0 Å². The Morgan fingerprint density at radius 1 is 1.20 bits per heavy atom. The largest absolute Gasteiger partial charge is 0.497 e. The predicted molar refractivity (Wildman–Crippen MR) is 90.7 cm³/mol. The molecule has 1 N–H and O–H groups in total. The first-order valence-electron chi connectivity index (χ1n) is 7.59. The third kappa shape index (κ3) is 3.92. The number of methoxy groups -OCH3 is 1. The lowest BCUT2D eigenvalue weighted by atomic mass is 10.3. The molecule has 0 saturated heterocycles. The first kappa shape index (κ1) is 16.4. The number of carbonyl (C=O) groups excluding carboxylic acids is 1. The van der Waals surface area contributed by atoms with Gasteiger partial charge in [-0.25, -0.2) is 14.6 Å². The van der Waals surface area contributed by atoms with Gasteiger partial charge in [-0.05, 0) is 43.3 Å². The summed E-state index contributed by atoms with van der Waals surface area (Å²) < 4.78 is 12.3. The van der Waals surface area contributed by atoms with E-state index in [1.807, 2.05) is 0 Å². The van der Waals surface area contributed by atoms with E-state index in [2.05, 4.69) is 20.4 Å². The first-order valence-corrected chi connectivity index (χ1v) is 7.59. The molecular formula is C17H17N5O3. The Balaban J connectivity index is 1.75. The third-order valence-corrected chi connectivity index (χ3v) is 3.52. The summed E-state index contributed by atoms with van der Waals surface area (Å²) >= 11 is 0. The summed E-state index contributed by atoms with van der Waals surface area (Å²) in [6, 6.07) is 10.0. The van der Waals surface area contributed by atoms with E-state index in [0.29, 0.717) is 17.3 Å². The van der Waals surface area contributed by atoms with Crippen LogP contribution in [0.4, 0.5) is 5.69 Å². The van der Waals surface area contributed by atoms with Gasteiger partial charge in [-0.3, -0.25) is 4.79 Å². The molecule has 2 aromatic heterocycles. The van der Waals surface area contributed by atoms with E-state index in [0.717, 1.165) is 5.75 Å². The number of ether oxygens (including phenoxy) is 2. The van der Waals surface area contributed by atoms with Gasteiger partial charge in [-0.2, -0.15) is 5.10 Å². The van der Waals surface area contributed by atoms with Crippen molar-refractivity contribution in [2.24, 2.45) is 0 Å². The molecule has 0 bridgehead atoms. The maximum atomic E-state index is 12.4. The van der Waals surface area contributed by atoms with Gasteiger partial charge in [0.05, 0.1) is 7.11 Å². The van der Waals surface area contributed by atoms with Gasteiger partial charge in [-0.15, -0.1) is 0 Å². The Kier molecular flexibility index (Phi) is 4.89. The molecule has 0 radical (unpaired) electrons. The molecule has 0 saturated carbocycles. The topological polar surface area (TPSA) is 91.2 Å². The van der Waals surface area contributed by atoms with Crippen LogP contribution in [-0.2, 0) is 4.79 Å². The van der Waals surface area contributed by atoms with Crippen molar-refractivity contribution in [3.05, 3.63) is 55.2 Å². The third-order valence-electron chi connectivity index (χ3n) is 3.52. The molecule has 0 unspecified atom stereocenters. The number of pyridine rings is 1. The minimum Gasteiger partial charge on any atom is -0.497 e. The number of anilines is 1. The molecule has 25 heavy (non-hydrogen) atoms. The number of hydrogen-bond donors (Lipinski definition) is 1. The first-order chi connectivity index (χ1) is 12.2. The van der Waals surface area contributed by atoms with Crippen molar-refractivity contribution in [1.82, 2.24) is 19.7 Å². The molecule has 0 aliphatic rings. The molecule has 1 amide bonds. The molecule has 2 heterocycles. The van der Waals surface area contributed by atoms with Gasteiger partial charge in [-0.1, -0.05) is 0 Å². The van der Waals surface area contributed by atoms with Crippen molar-refractivity contribution < 1.29 is 14.3 Å². The molecule has 8 heteroatoms. The summed E-state index contributed by atoms with van der Waals surface area (Å²) in [4.78, 5) is 20.4. The Labute approximate surface area is 144 Å². The van der Waals surface area contributed by atoms with Crippen molar-refractivity contribution in [3.8, 4) is 17.4 Å². The van der Waals surface area contributed by atoms with Crippen LogP contribution < -0.4 is 14.8 Å². The average molecular weight is 339 g/mol. The lowest BCUT2D eigenvalue weighted by Gasteiger charge is -2.14. The van der Waals surface area contributed by atoms with Gasteiger partial charge < -0.3 is 14.8 Å². The Morgan fingerprint density at radius 2 is 1.96 bits per heavy atom. The molecule has 3 aromatic rings. The SMILES string of the molecule is COc1ccc(Oc2ncccc2NC(=O)[C@@H](C)n2cncn2)cc1. The molecule has 128 valence electrons. The van der Waals surface area contributed by atoms with Gasteiger partial charge in [0.25, 0.3) is 0 Å². The maximum absolute atomic E-state index is 12.4. The van der Waals surface area contributed by atoms with Gasteiger partial charge in [0.2, 0.25) is 11.8 Å². The van der Waals surface area contributed by atoms with Crippen LogP contribution in [0.3, 0.4) is 0 Å². The molecule has 3 rings (SSSR count). The fourth-order valence-electron chi connectivity index (χ4n) is 2.10. The van der Waals surface area contributed by atoms with Crippen LogP contribution in [0.15, 0.2) is 55.2 Å². The van der Waals surface area contributed by atoms with Crippen molar-refractivity contribution in [2.45, 2.75) is 13.0 Å². The smallest absolute Gasteiger partial charge is 0.249 e. The molecule has 0 aliphatic heterocycles. The summed E-state index contributed by atoms with van der Waals surface area (Å²) in [5, 5.41) is 6.77. The van der Waals surface area contributed by atoms with E-state index in [9.17, 15) is 4.79 Å². The number of nitrogens with zero attached hydrogens (tertiary/aromatic N) is 4. The monoisotopic (exact) mass is 339 g/mol. The summed E-state index contributed by atoms with van der Waals surface area (Å²) in [7, 11) is 1.60. The normalized spacial score (nSPS) is 11.6. The van der Waals surface area contributed by atoms with Crippen LogP contribution in [0.25, 0.3) is 0 Å². The zero-order valence-corrected chi connectivity index (χ0v) is 13.8. The molecular weight excluding hydrogens is 322 g/mol. The van der Waals surface area contributed by atoms with E-state index in [-0.39, 0.29) is 5.91 Å². The molecule has 8 nitrogen and oxygen atoms in total.